The lowest BCUT2D eigenvalue weighted by molar-refractivity contribution is -0.0913. The van der Waals surface area contributed by atoms with Gasteiger partial charge in [0.2, 0.25) is 11.6 Å². The van der Waals surface area contributed by atoms with Crippen LogP contribution in [0.3, 0.4) is 0 Å². The van der Waals surface area contributed by atoms with Crippen molar-refractivity contribution in [3.8, 4) is 42.3 Å². The summed E-state index contributed by atoms with van der Waals surface area (Å²) in [5.41, 5.74) is 0.179. The Morgan fingerprint density at radius 1 is 1.24 bits per heavy atom. The standard InChI is InChI=1S/C25H27Br2F3N4O3.C3H4.C2H2/c1-4-6-8-31-9-7-10-34(14-17(5-2)11-16(3)25(28,29)30)15-21(35)24-32-23(33-37-24)18-12-19(26)22(36)20(27)13-18;1-3-2;1-2/h5-6,8-9,11-13,36H,4,7,10,14-15H2,1-3H3;1H,2H3;1-2H/b8-6-,16-11+,17-5+,31-9?;;. The lowest BCUT2D eigenvalue weighted by atomic mass is 10.1. The highest BCUT2D eigenvalue weighted by Crippen LogP contribution is 2.36. The van der Waals surface area contributed by atoms with Gasteiger partial charge in [0.25, 0.3) is 5.89 Å². The number of hydrogen-bond donors (Lipinski definition) is 1. The molecular formula is C30H33Br2F3N4O3. The van der Waals surface area contributed by atoms with Gasteiger partial charge in [-0.2, -0.15) is 18.2 Å². The second-order valence-electron chi connectivity index (χ2n) is 8.24. The van der Waals surface area contributed by atoms with E-state index in [1.807, 2.05) is 13.0 Å². The zero-order chi connectivity index (χ0) is 32.3. The van der Waals surface area contributed by atoms with E-state index < -0.39 is 17.5 Å². The molecule has 226 valence electrons. The van der Waals surface area contributed by atoms with Gasteiger partial charge in [0, 0.05) is 36.6 Å². The molecule has 2 rings (SSSR count). The quantitative estimate of drug-likeness (QED) is 0.103. The Morgan fingerprint density at radius 3 is 2.36 bits per heavy atom. The van der Waals surface area contributed by atoms with E-state index in [4.69, 9.17) is 4.52 Å². The molecule has 0 saturated heterocycles. The molecule has 0 aliphatic heterocycles. The number of allylic oxidation sites excluding steroid dienone is 3. The lowest BCUT2D eigenvalue weighted by Gasteiger charge is -2.21. The number of carbonyl (C=O) groups is 1. The lowest BCUT2D eigenvalue weighted by Crippen LogP contribution is -2.33. The Bertz CT molecular complexity index is 1310. The molecule has 0 fully saturated rings. The summed E-state index contributed by atoms with van der Waals surface area (Å²) in [5, 5.41) is 13.7. The van der Waals surface area contributed by atoms with E-state index >= 15 is 0 Å². The van der Waals surface area contributed by atoms with E-state index in [2.05, 4.69) is 72.2 Å². The molecule has 7 nitrogen and oxygen atoms in total. The number of phenolic OH excluding ortho intramolecular Hbond substituents is 1. The molecule has 1 aromatic carbocycles. The second-order valence-corrected chi connectivity index (χ2v) is 9.94. The van der Waals surface area contributed by atoms with Gasteiger partial charge in [-0.05, 0) is 83.2 Å². The van der Waals surface area contributed by atoms with E-state index in [0.29, 0.717) is 33.0 Å². The van der Waals surface area contributed by atoms with Crippen molar-refractivity contribution in [2.75, 3.05) is 19.6 Å². The van der Waals surface area contributed by atoms with Crippen LogP contribution in [-0.4, -0.2) is 58.0 Å². The van der Waals surface area contributed by atoms with Gasteiger partial charge in [0.15, 0.2) is 0 Å². The third-order valence-electron chi connectivity index (χ3n) is 5.04. The number of rotatable bonds is 12. The number of aliphatic imine (C=N–C) groups is 1. The zero-order valence-corrected chi connectivity index (χ0v) is 26.9. The molecule has 0 aliphatic rings. The smallest absolute Gasteiger partial charge is 0.412 e. The first kappa shape index (κ1) is 38.5. The Labute approximate surface area is 261 Å². The van der Waals surface area contributed by atoms with Crippen LogP contribution in [0.5, 0.6) is 5.75 Å². The molecule has 12 heteroatoms. The van der Waals surface area contributed by atoms with Crippen molar-refractivity contribution in [2.45, 2.75) is 46.7 Å². The van der Waals surface area contributed by atoms with Crippen molar-refractivity contribution >= 4 is 43.9 Å². The number of aromatic nitrogens is 2. The number of terminal acetylenes is 2. The summed E-state index contributed by atoms with van der Waals surface area (Å²) in [7, 11) is 0. The predicted octanol–water partition coefficient (Wildman–Crippen LogP) is 8.18. The predicted molar refractivity (Wildman–Crippen MR) is 168 cm³/mol. The highest BCUT2D eigenvalue weighted by Gasteiger charge is 2.30. The van der Waals surface area contributed by atoms with Crippen LogP contribution in [0.4, 0.5) is 13.2 Å². The van der Waals surface area contributed by atoms with E-state index in [9.17, 15) is 23.1 Å². The first-order chi connectivity index (χ1) is 19.9. The van der Waals surface area contributed by atoms with Crippen LogP contribution in [-0.2, 0) is 0 Å². The highest BCUT2D eigenvalue weighted by atomic mass is 79.9. The molecule has 0 aliphatic carbocycles. The maximum Gasteiger partial charge on any atom is 0.412 e. The van der Waals surface area contributed by atoms with Crippen molar-refractivity contribution in [3.05, 3.63) is 62.5 Å². The van der Waals surface area contributed by atoms with Gasteiger partial charge in [-0.3, -0.25) is 14.7 Å². The first-order valence-corrected chi connectivity index (χ1v) is 14.0. The Balaban J connectivity index is 0.00000315. The number of benzene rings is 1. The number of ketones is 1. The van der Waals surface area contributed by atoms with Crippen LogP contribution in [0.1, 0.15) is 51.2 Å². The van der Waals surface area contributed by atoms with Crippen LogP contribution in [0.2, 0.25) is 0 Å². The molecule has 1 N–H and O–H groups in total. The molecule has 0 radical (unpaired) electrons. The Morgan fingerprint density at radius 2 is 1.83 bits per heavy atom. The number of carbonyl (C=O) groups excluding carboxylic acids is 1. The number of hydrogen-bond acceptors (Lipinski definition) is 7. The van der Waals surface area contributed by atoms with Gasteiger partial charge in [0.05, 0.1) is 15.5 Å². The van der Waals surface area contributed by atoms with Crippen LogP contribution < -0.4 is 0 Å². The van der Waals surface area contributed by atoms with Gasteiger partial charge < -0.3 is 9.63 Å². The largest absolute Gasteiger partial charge is 0.506 e. The average Bonchev–Trinajstić information content (AvgIpc) is 3.44. The van der Waals surface area contributed by atoms with E-state index in [1.54, 1.807) is 49.4 Å². The molecule has 0 atom stereocenters. The molecular weight excluding hydrogens is 681 g/mol. The third kappa shape index (κ3) is 13.9. The van der Waals surface area contributed by atoms with Crippen LogP contribution in [0.25, 0.3) is 11.4 Å². The minimum Gasteiger partial charge on any atom is -0.506 e. The molecule has 0 amide bonds. The number of nitrogens with zero attached hydrogens (tertiary/aromatic N) is 4. The van der Waals surface area contributed by atoms with Crippen LogP contribution >= 0.6 is 31.9 Å². The van der Waals surface area contributed by atoms with E-state index in [-0.39, 0.29) is 30.6 Å². The summed E-state index contributed by atoms with van der Waals surface area (Å²) in [6, 6.07) is 3.15. The average molecular weight is 714 g/mol. The van der Waals surface area contributed by atoms with Crippen molar-refractivity contribution in [3.63, 3.8) is 0 Å². The summed E-state index contributed by atoms with van der Waals surface area (Å²) >= 11 is 6.46. The van der Waals surface area contributed by atoms with Crippen molar-refractivity contribution in [1.82, 2.24) is 15.0 Å². The monoisotopic (exact) mass is 712 g/mol. The minimum absolute atomic E-state index is 0.00232. The van der Waals surface area contributed by atoms with Crippen LogP contribution in [0, 0.1) is 25.2 Å². The van der Waals surface area contributed by atoms with Gasteiger partial charge in [-0.15, -0.1) is 25.2 Å². The maximum atomic E-state index is 13.0. The van der Waals surface area contributed by atoms with E-state index in [0.717, 1.165) is 19.4 Å². The minimum atomic E-state index is -4.44. The number of Topliss-reactive ketones (excluding diaryl/α,β-unsaturated/α-hetero) is 1. The fourth-order valence-electron chi connectivity index (χ4n) is 3.01. The number of halogens is 5. The highest BCUT2D eigenvalue weighted by molar-refractivity contribution is 9.11. The van der Waals surface area contributed by atoms with Gasteiger partial charge in [0.1, 0.15) is 5.75 Å². The second kappa shape index (κ2) is 20.4. The molecule has 42 heavy (non-hydrogen) atoms. The first-order valence-electron chi connectivity index (χ1n) is 12.4. The maximum absolute atomic E-state index is 13.0. The number of phenols is 1. The van der Waals surface area contributed by atoms with Gasteiger partial charge in [-0.25, -0.2) is 0 Å². The van der Waals surface area contributed by atoms with Crippen molar-refractivity contribution in [1.29, 1.82) is 0 Å². The molecule has 2 aromatic rings. The van der Waals surface area contributed by atoms with Gasteiger partial charge in [-0.1, -0.05) is 30.3 Å². The summed E-state index contributed by atoms with van der Waals surface area (Å²) in [5.74, 6) is 1.68. The van der Waals surface area contributed by atoms with Gasteiger partial charge >= 0.3 is 6.18 Å². The normalized spacial score (nSPS) is 12.1. The summed E-state index contributed by atoms with van der Waals surface area (Å²) in [6.07, 6.45) is 17.4. The molecule has 0 spiro atoms. The number of aromatic hydroxyl groups is 1. The van der Waals surface area contributed by atoms with Crippen molar-refractivity contribution in [2.24, 2.45) is 4.99 Å². The fraction of sp³-hybridized carbons (Fsp3) is 0.333. The molecule has 0 unspecified atom stereocenters. The summed E-state index contributed by atoms with van der Waals surface area (Å²) in [6.45, 7) is 6.60. The molecule has 1 heterocycles. The van der Waals surface area contributed by atoms with Crippen LogP contribution in [0.15, 0.2) is 66.2 Å². The summed E-state index contributed by atoms with van der Waals surface area (Å²) < 4.78 is 45.1. The fourth-order valence-corrected chi connectivity index (χ4v) is 4.20. The van der Waals surface area contributed by atoms with Crippen molar-refractivity contribution < 1.29 is 27.6 Å². The zero-order valence-electron chi connectivity index (χ0n) is 23.8. The SMILES string of the molecule is C#C.C#CC.C/C=C(\C=C(/C)C(F)(F)F)CN(CCC=N/C=C\CC)CC(=O)c1nc(-c2cc(Br)c(O)c(Br)c2)no1. The topological polar surface area (TPSA) is 91.8 Å². The summed E-state index contributed by atoms with van der Waals surface area (Å²) in [4.78, 5) is 23.0. The molecule has 1 aromatic heterocycles. The Hall–Kier alpha value is -3.45. The molecule has 0 bridgehead atoms. The van der Waals surface area contributed by atoms with E-state index in [1.165, 1.54) is 0 Å². The molecule has 0 saturated carbocycles. The number of alkyl halides is 3. The Kier molecular flexibility index (Phi) is 18.8. The third-order valence-corrected chi connectivity index (χ3v) is 6.25.